The number of hydrogen-bond donors (Lipinski definition) is 2. The fourth-order valence-electron chi connectivity index (χ4n) is 1.34. The molecule has 0 aromatic carbocycles. The van der Waals surface area contributed by atoms with Crippen LogP contribution in [0.3, 0.4) is 0 Å². The summed E-state index contributed by atoms with van der Waals surface area (Å²) in [7, 11) is 0. The third-order valence-electron chi connectivity index (χ3n) is 2.30. The molecule has 0 atom stereocenters. The fourth-order valence-corrected chi connectivity index (χ4v) is 1.34. The summed E-state index contributed by atoms with van der Waals surface area (Å²) < 4.78 is 1.88. The van der Waals surface area contributed by atoms with E-state index >= 15 is 0 Å². The summed E-state index contributed by atoms with van der Waals surface area (Å²) in [5.74, 6) is 0.557. The van der Waals surface area contributed by atoms with Gasteiger partial charge in [0.25, 0.3) is 0 Å². The zero-order chi connectivity index (χ0) is 10.7. The third kappa shape index (κ3) is 3.27. The van der Waals surface area contributed by atoms with Gasteiger partial charge >= 0.3 is 0 Å². The van der Waals surface area contributed by atoms with Gasteiger partial charge in [-0.15, -0.1) is 0 Å². The Morgan fingerprint density at radius 2 is 2.53 bits per heavy atom. The number of hydrogen-bond acceptors (Lipinski definition) is 2. The Bertz CT molecular complexity index is 350. The van der Waals surface area contributed by atoms with Crippen LogP contribution >= 0.6 is 0 Å². The number of rotatable bonds is 4. The molecule has 82 valence electrons. The van der Waals surface area contributed by atoms with Crippen LogP contribution in [-0.2, 0) is 6.54 Å². The van der Waals surface area contributed by atoms with E-state index in [4.69, 9.17) is 5.73 Å². The summed E-state index contributed by atoms with van der Waals surface area (Å²) >= 11 is 0. The van der Waals surface area contributed by atoms with Crippen molar-refractivity contribution in [1.29, 1.82) is 0 Å². The van der Waals surface area contributed by atoms with Gasteiger partial charge in [0.05, 0.1) is 19.3 Å². The molecule has 0 bridgehead atoms. The van der Waals surface area contributed by atoms with Crippen molar-refractivity contribution in [3.8, 4) is 0 Å². The lowest BCUT2D eigenvalue weighted by molar-refractivity contribution is 0.623. The molecule has 0 spiro atoms. The van der Waals surface area contributed by atoms with E-state index in [9.17, 15) is 0 Å². The molecule has 1 heterocycles. The Labute approximate surface area is 89.4 Å². The number of nitrogens with one attached hydrogen (secondary N) is 1. The highest BCUT2D eigenvalue weighted by atomic mass is 15.3. The summed E-state index contributed by atoms with van der Waals surface area (Å²) in [4.78, 5) is 4.23. The van der Waals surface area contributed by atoms with Crippen molar-refractivity contribution in [2.45, 2.75) is 32.4 Å². The SMILES string of the molecule is Cc1cnn(CCN=C(N)NC2CC2)c1. The number of guanidine groups is 1. The molecule has 0 unspecified atom stereocenters. The second-order valence-corrected chi connectivity index (χ2v) is 3.97. The first kappa shape index (κ1) is 10.0. The molecular formula is C10H17N5. The van der Waals surface area contributed by atoms with E-state index in [0.29, 0.717) is 18.5 Å². The van der Waals surface area contributed by atoms with Gasteiger partial charge in [-0.2, -0.15) is 5.10 Å². The zero-order valence-corrected chi connectivity index (χ0v) is 8.98. The van der Waals surface area contributed by atoms with Crippen molar-refractivity contribution in [1.82, 2.24) is 15.1 Å². The first-order valence-electron chi connectivity index (χ1n) is 5.29. The normalized spacial score (nSPS) is 16.7. The van der Waals surface area contributed by atoms with Gasteiger partial charge in [-0.25, -0.2) is 0 Å². The maximum Gasteiger partial charge on any atom is 0.188 e. The van der Waals surface area contributed by atoms with Crippen LogP contribution in [0, 0.1) is 6.92 Å². The predicted octanol–water partition coefficient (Wildman–Crippen LogP) is 0.258. The first-order chi connectivity index (χ1) is 7.24. The first-order valence-corrected chi connectivity index (χ1v) is 5.29. The summed E-state index contributed by atoms with van der Waals surface area (Å²) in [6.07, 6.45) is 6.28. The van der Waals surface area contributed by atoms with Crippen molar-refractivity contribution >= 4 is 5.96 Å². The topological polar surface area (TPSA) is 68.2 Å². The molecule has 1 fully saturated rings. The number of nitrogens with two attached hydrogens (primary N) is 1. The molecule has 0 radical (unpaired) electrons. The van der Waals surface area contributed by atoms with Crippen LogP contribution in [0.4, 0.5) is 0 Å². The molecule has 1 aliphatic rings. The van der Waals surface area contributed by atoms with Crippen molar-refractivity contribution < 1.29 is 0 Å². The van der Waals surface area contributed by atoms with Gasteiger partial charge in [0.15, 0.2) is 5.96 Å². The van der Waals surface area contributed by atoms with Crippen LogP contribution < -0.4 is 11.1 Å². The largest absolute Gasteiger partial charge is 0.370 e. The monoisotopic (exact) mass is 207 g/mol. The van der Waals surface area contributed by atoms with E-state index in [2.05, 4.69) is 15.4 Å². The third-order valence-corrected chi connectivity index (χ3v) is 2.30. The Hall–Kier alpha value is -1.52. The highest BCUT2D eigenvalue weighted by Gasteiger charge is 2.21. The molecule has 0 aliphatic heterocycles. The number of aromatic nitrogens is 2. The molecule has 1 aliphatic carbocycles. The Balaban J connectivity index is 1.72. The van der Waals surface area contributed by atoms with Crippen LogP contribution in [0.15, 0.2) is 17.4 Å². The predicted molar refractivity (Wildman–Crippen MR) is 59.6 cm³/mol. The minimum atomic E-state index is 0.557. The summed E-state index contributed by atoms with van der Waals surface area (Å²) in [5.41, 5.74) is 6.86. The standard InChI is InChI=1S/C10H17N5/c1-8-6-13-15(7-8)5-4-12-10(11)14-9-2-3-9/h6-7,9H,2-5H2,1H3,(H3,11,12,14). The minimum Gasteiger partial charge on any atom is -0.370 e. The van der Waals surface area contributed by atoms with Crippen LogP contribution in [0.1, 0.15) is 18.4 Å². The lowest BCUT2D eigenvalue weighted by Crippen LogP contribution is -2.33. The van der Waals surface area contributed by atoms with E-state index in [0.717, 1.165) is 6.54 Å². The average molecular weight is 207 g/mol. The lowest BCUT2D eigenvalue weighted by atomic mass is 10.4. The van der Waals surface area contributed by atoms with Crippen LogP contribution in [-0.4, -0.2) is 28.3 Å². The number of aliphatic imine (C=N–C) groups is 1. The van der Waals surface area contributed by atoms with E-state index in [1.54, 1.807) is 0 Å². The van der Waals surface area contributed by atoms with Gasteiger partial charge in [-0.1, -0.05) is 0 Å². The van der Waals surface area contributed by atoms with Gasteiger partial charge in [-0.3, -0.25) is 9.67 Å². The highest BCUT2D eigenvalue weighted by Crippen LogP contribution is 2.17. The lowest BCUT2D eigenvalue weighted by Gasteiger charge is -2.02. The van der Waals surface area contributed by atoms with Gasteiger partial charge < -0.3 is 11.1 Å². The van der Waals surface area contributed by atoms with E-state index in [1.165, 1.54) is 18.4 Å². The fraction of sp³-hybridized carbons (Fsp3) is 0.600. The summed E-state index contributed by atoms with van der Waals surface area (Å²) in [5, 5.41) is 7.32. The molecular weight excluding hydrogens is 190 g/mol. The van der Waals surface area contributed by atoms with Crippen LogP contribution in [0.25, 0.3) is 0 Å². The molecule has 1 saturated carbocycles. The number of nitrogens with zero attached hydrogens (tertiary/aromatic N) is 3. The second-order valence-electron chi connectivity index (χ2n) is 3.97. The van der Waals surface area contributed by atoms with Gasteiger partial charge in [0.1, 0.15) is 0 Å². The highest BCUT2D eigenvalue weighted by molar-refractivity contribution is 5.78. The van der Waals surface area contributed by atoms with Crippen molar-refractivity contribution in [3.05, 3.63) is 18.0 Å². The molecule has 2 rings (SSSR count). The summed E-state index contributed by atoms with van der Waals surface area (Å²) in [6.45, 7) is 3.48. The van der Waals surface area contributed by atoms with Crippen molar-refractivity contribution in [3.63, 3.8) is 0 Å². The Kier molecular flexibility index (Phi) is 2.89. The second kappa shape index (κ2) is 4.33. The summed E-state index contributed by atoms with van der Waals surface area (Å²) in [6, 6.07) is 0.570. The number of aryl methyl sites for hydroxylation is 1. The molecule has 15 heavy (non-hydrogen) atoms. The van der Waals surface area contributed by atoms with Crippen molar-refractivity contribution in [2.75, 3.05) is 6.54 Å². The molecule has 5 heteroatoms. The van der Waals surface area contributed by atoms with Crippen molar-refractivity contribution in [2.24, 2.45) is 10.7 Å². The van der Waals surface area contributed by atoms with Gasteiger partial charge in [-0.05, 0) is 25.3 Å². The van der Waals surface area contributed by atoms with Crippen LogP contribution in [0.5, 0.6) is 0 Å². The van der Waals surface area contributed by atoms with Crippen LogP contribution in [0.2, 0.25) is 0 Å². The minimum absolute atomic E-state index is 0.557. The maximum absolute atomic E-state index is 5.69. The molecule has 3 N–H and O–H groups in total. The molecule has 0 saturated heterocycles. The quantitative estimate of drug-likeness (QED) is 0.549. The Morgan fingerprint density at radius 3 is 3.13 bits per heavy atom. The van der Waals surface area contributed by atoms with Gasteiger partial charge in [0.2, 0.25) is 0 Å². The molecule has 0 amide bonds. The molecule has 1 aromatic rings. The van der Waals surface area contributed by atoms with E-state index < -0.39 is 0 Å². The van der Waals surface area contributed by atoms with E-state index in [1.807, 2.05) is 24.0 Å². The smallest absolute Gasteiger partial charge is 0.188 e. The van der Waals surface area contributed by atoms with E-state index in [-0.39, 0.29) is 0 Å². The average Bonchev–Trinajstić information content (AvgIpc) is 2.89. The zero-order valence-electron chi connectivity index (χ0n) is 8.98. The molecule has 5 nitrogen and oxygen atoms in total. The maximum atomic E-state index is 5.69. The van der Waals surface area contributed by atoms with Gasteiger partial charge in [0, 0.05) is 12.2 Å². The Morgan fingerprint density at radius 1 is 1.73 bits per heavy atom. The molecule has 1 aromatic heterocycles.